The Morgan fingerprint density at radius 3 is 2.80 bits per heavy atom. The van der Waals surface area contributed by atoms with Gasteiger partial charge in [-0.05, 0) is 72.6 Å². The molecule has 0 unspecified atom stereocenters. The molecule has 4 heteroatoms. The maximum absolute atomic E-state index is 12.6. The van der Waals surface area contributed by atoms with Gasteiger partial charge in [-0.25, -0.2) is 0 Å². The van der Waals surface area contributed by atoms with Crippen molar-refractivity contribution in [3.05, 3.63) is 33.4 Å². The average Bonchev–Trinajstić information content (AvgIpc) is 2.45. The Bertz CT molecular complexity index is 444. The molecule has 0 atom stereocenters. The van der Waals surface area contributed by atoms with Crippen LogP contribution in [0.2, 0.25) is 0 Å². The summed E-state index contributed by atoms with van der Waals surface area (Å²) in [6.07, 6.45) is 3.72. The first kappa shape index (κ1) is 15.8. The maximum Gasteiger partial charge on any atom is 0.227 e. The third kappa shape index (κ3) is 4.45. The number of nitrogens with one attached hydrogen (secondary N) is 1. The van der Waals surface area contributed by atoms with Crippen LogP contribution in [0.25, 0.3) is 0 Å². The third-order valence-electron chi connectivity index (χ3n) is 3.78. The van der Waals surface area contributed by atoms with Crippen LogP contribution in [-0.4, -0.2) is 36.5 Å². The van der Waals surface area contributed by atoms with Gasteiger partial charge in [0.2, 0.25) is 5.91 Å². The highest BCUT2D eigenvalue weighted by Gasteiger charge is 2.24. The van der Waals surface area contributed by atoms with Gasteiger partial charge < -0.3 is 10.2 Å². The lowest BCUT2D eigenvalue weighted by atomic mass is 10.0. The van der Waals surface area contributed by atoms with Gasteiger partial charge in [0.25, 0.3) is 0 Å². The number of nitrogens with zero attached hydrogens (tertiary/aromatic N) is 1. The predicted molar refractivity (Wildman–Crippen MR) is 90.8 cm³/mol. The smallest absolute Gasteiger partial charge is 0.227 e. The highest BCUT2D eigenvalue weighted by Crippen LogP contribution is 2.15. The monoisotopic (exact) mass is 386 g/mol. The summed E-state index contributed by atoms with van der Waals surface area (Å²) in [5.74, 6) is 0.278. The van der Waals surface area contributed by atoms with E-state index in [1.807, 2.05) is 12.1 Å². The van der Waals surface area contributed by atoms with E-state index in [1.165, 1.54) is 3.57 Å². The average molecular weight is 386 g/mol. The molecule has 0 bridgehead atoms. The SMILES string of the molecule is CCCN(C(=O)Cc1cccc(I)c1)C1CCNCC1. The van der Waals surface area contributed by atoms with Gasteiger partial charge in [-0.15, -0.1) is 0 Å². The number of halogens is 1. The van der Waals surface area contributed by atoms with Gasteiger partial charge in [0.05, 0.1) is 6.42 Å². The van der Waals surface area contributed by atoms with E-state index in [4.69, 9.17) is 0 Å². The molecule has 1 saturated heterocycles. The van der Waals surface area contributed by atoms with E-state index in [0.29, 0.717) is 12.5 Å². The molecule has 0 radical (unpaired) electrons. The molecule has 1 aliphatic rings. The van der Waals surface area contributed by atoms with Crippen LogP contribution in [0.15, 0.2) is 24.3 Å². The van der Waals surface area contributed by atoms with Gasteiger partial charge in [-0.2, -0.15) is 0 Å². The molecule has 1 N–H and O–H groups in total. The quantitative estimate of drug-likeness (QED) is 0.790. The molecule has 0 aromatic heterocycles. The summed E-state index contributed by atoms with van der Waals surface area (Å²) in [7, 11) is 0. The lowest BCUT2D eigenvalue weighted by Gasteiger charge is -2.34. The van der Waals surface area contributed by atoms with E-state index in [0.717, 1.165) is 44.5 Å². The molecule has 1 amide bonds. The minimum Gasteiger partial charge on any atom is -0.339 e. The van der Waals surface area contributed by atoms with Gasteiger partial charge in [-0.3, -0.25) is 4.79 Å². The molecular formula is C16H23IN2O. The van der Waals surface area contributed by atoms with Crippen molar-refractivity contribution in [1.29, 1.82) is 0 Å². The number of benzene rings is 1. The molecule has 20 heavy (non-hydrogen) atoms. The molecule has 3 nitrogen and oxygen atoms in total. The number of hydrogen-bond donors (Lipinski definition) is 1. The molecule has 0 saturated carbocycles. The summed E-state index contributed by atoms with van der Waals surface area (Å²) < 4.78 is 1.19. The first-order valence-corrected chi connectivity index (χ1v) is 8.53. The van der Waals surface area contributed by atoms with Crippen LogP contribution in [0.1, 0.15) is 31.7 Å². The van der Waals surface area contributed by atoms with Crippen LogP contribution >= 0.6 is 22.6 Å². The van der Waals surface area contributed by atoms with Crippen molar-refractivity contribution in [2.45, 2.75) is 38.6 Å². The molecular weight excluding hydrogens is 363 g/mol. The number of rotatable bonds is 5. The van der Waals surface area contributed by atoms with Gasteiger partial charge in [0.15, 0.2) is 0 Å². The zero-order chi connectivity index (χ0) is 14.4. The minimum atomic E-state index is 0.278. The predicted octanol–water partition coefficient (Wildman–Crippen LogP) is 2.82. The van der Waals surface area contributed by atoms with E-state index in [-0.39, 0.29) is 5.91 Å². The van der Waals surface area contributed by atoms with E-state index in [9.17, 15) is 4.79 Å². The zero-order valence-corrected chi connectivity index (χ0v) is 14.2. The largest absolute Gasteiger partial charge is 0.339 e. The first-order valence-electron chi connectivity index (χ1n) is 7.45. The van der Waals surface area contributed by atoms with Crippen LogP contribution in [0, 0.1) is 3.57 Å². The normalized spacial score (nSPS) is 16.1. The first-order chi connectivity index (χ1) is 9.70. The van der Waals surface area contributed by atoms with Gasteiger partial charge >= 0.3 is 0 Å². The Kier molecular flexibility index (Phi) is 6.29. The van der Waals surface area contributed by atoms with Crippen molar-refractivity contribution in [3.63, 3.8) is 0 Å². The van der Waals surface area contributed by atoms with Crippen molar-refractivity contribution < 1.29 is 4.79 Å². The van der Waals surface area contributed by atoms with Crippen LogP contribution in [-0.2, 0) is 11.2 Å². The van der Waals surface area contributed by atoms with Crippen molar-refractivity contribution in [3.8, 4) is 0 Å². The Hall–Kier alpha value is -0.620. The van der Waals surface area contributed by atoms with Crippen molar-refractivity contribution in [2.75, 3.05) is 19.6 Å². The van der Waals surface area contributed by atoms with Gasteiger partial charge in [-0.1, -0.05) is 19.1 Å². The fourth-order valence-corrected chi connectivity index (χ4v) is 3.40. The molecule has 1 heterocycles. The molecule has 1 aromatic rings. The fraction of sp³-hybridized carbons (Fsp3) is 0.562. The summed E-state index contributed by atoms with van der Waals surface area (Å²) >= 11 is 2.30. The molecule has 0 spiro atoms. The number of hydrogen-bond acceptors (Lipinski definition) is 2. The Morgan fingerprint density at radius 1 is 1.40 bits per heavy atom. The molecule has 1 aromatic carbocycles. The summed E-state index contributed by atoms with van der Waals surface area (Å²) in [6.45, 7) is 5.09. The molecule has 1 aliphatic heterocycles. The van der Waals surface area contributed by atoms with E-state index in [1.54, 1.807) is 0 Å². The van der Waals surface area contributed by atoms with Crippen LogP contribution in [0.3, 0.4) is 0 Å². The Labute approximate surface area is 135 Å². The number of carbonyl (C=O) groups excluding carboxylic acids is 1. The van der Waals surface area contributed by atoms with Gasteiger partial charge in [0, 0.05) is 16.2 Å². The van der Waals surface area contributed by atoms with Crippen LogP contribution in [0.4, 0.5) is 0 Å². The lowest BCUT2D eigenvalue weighted by molar-refractivity contribution is -0.133. The van der Waals surface area contributed by atoms with Crippen molar-refractivity contribution >= 4 is 28.5 Å². The second-order valence-corrected chi connectivity index (χ2v) is 6.62. The molecule has 0 aliphatic carbocycles. The summed E-state index contributed by atoms with van der Waals surface area (Å²) in [5.41, 5.74) is 1.12. The van der Waals surface area contributed by atoms with Crippen molar-refractivity contribution in [1.82, 2.24) is 10.2 Å². The van der Waals surface area contributed by atoms with Gasteiger partial charge in [0.1, 0.15) is 0 Å². The standard InChI is InChI=1S/C16H23IN2O/c1-2-10-19(15-6-8-18-9-7-15)16(20)12-13-4-3-5-14(17)11-13/h3-5,11,15,18H,2,6-10,12H2,1H3. The number of piperidine rings is 1. The third-order valence-corrected chi connectivity index (χ3v) is 4.45. The maximum atomic E-state index is 12.6. The summed E-state index contributed by atoms with van der Waals surface area (Å²) in [4.78, 5) is 14.7. The highest BCUT2D eigenvalue weighted by atomic mass is 127. The second kappa shape index (κ2) is 7.98. The van der Waals surface area contributed by atoms with Crippen LogP contribution < -0.4 is 5.32 Å². The topological polar surface area (TPSA) is 32.3 Å². The number of carbonyl (C=O) groups is 1. The molecule has 2 rings (SSSR count). The lowest BCUT2D eigenvalue weighted by Crippen LogP contribution is -2.47. The zero-order valence-electron chi connectivity index (χ0n) is 12.1. The van der Waals surface area contributed by atoms with Crippen molar-refractivity contribution in [2.24, 2.45) is 0 Å². The van der Waals surface area contributed by atoms with E-state index >= 15 is 0 Å². The highest BCUT2D eigenvalue weighted by molar-refractivity contribution is 14.1. The molecule has 1 fully saturated rings. The summed E-state index contributed by atoms with van der Waals surface area (Å²) in [5, 5.41) is 3.37. The van der Waals surface area contributed by atoms with E-state index < -0.39 is 0 Å². The minimum absolute atomic E-state index is 0.278. The number of amides is 1. The molecule has 110 valence electrons. The summed E-state index contributed by atoms with van der Waals surface area (Å²) in [6, 6.07) is 8.66. The Balaban J connectivity index is 2.02. The van der Waals surface area contributed by atoms with Crippen LogP contribution in [0.5, 0.6) is 0 Å². The Morgan fingerprint density at radius 2 is 2.15 bits per heavy atom. The fourth-order valence-electron chi connectivity index (χ4n) is 2.79. The second-order valence-electron chi connectivity index (χ2n) is 5.38. The van der Waals surface area contributed by atoms with E-state index in [2.05, 4.69) is 51.9 Å².